The maximum Gasteiger partial charge on any atom is 0.309 e. The molecule has 0 radical (unpaired) electrons. The predicted molar refractivity (Wildman–Crippen MR) is 58.4 cm³/mol. The summed E-state index contributed by atoms with van der Waals surface area (Å²) in [4.78, 5) is 11.2. The van der Waals surface area contributed by atoms with E-state index in [4.69, 9.17) is 4.74 Å². The summed E-state index contributed by atoms with van der Waals surface area (Å²) in [6.07, 6.45) is 2.07. The molecule has 0 bridgehead atoms. The van der Waals surface area contributed by atoms with Crippen LogP contribution in [0.15, 0.2) is 30.3 Å². The fourth-order valence-electron chi connectivity index (χ4n) is 1.99. The molecule has 0 spiro atoms. The van der Waals surface area contributed by atoms with Gasteiger partial charge in [0.1, 0.15) is 0 Å². The molecule has 0 N–H and O–H groups in total. The van der Waals surface area contributed by atoms with Crippen LogP contribution < -0.4 is 0 Å². The van der Waals surface area contributed by atoms with E-state index in [9.17, 15) is 4.79 Å². The van der Waals surface area contributed by atoms with E-state index in [0.29, 0.717) is 12.5 Å². The van der Waals surface area contributed by atoms with Gasteiger partial charge in [-0.05, 0) is 18.4 Å². The minimum atomic E-state index is -0.0342. The molecule has 80 valence electrons. The predicted octanol–water partition coefficient (Wildman–Crippen LogP) is 2.43. The zero-order valence-electron chi connectivity index (χ0n) is 8.98. The third-order valence-corrected chi connectivity index (χ3v) is 3.17. The number of ether oxygens (including phenoxy) is 1. The van der Waals surface area contributed by atoms with Crippen molar-refractivity contribution in [2.75, 3.05) is 6.61 Å². The SMILES string of the molecule is C[C@H]1C(=O)OC[C@@H]1CCc1ccccc1. The van der Waals surface area contributed by atoms with Crippen LogP contribution in [0.1, 0.15) is 18.9 Å². The summed E-state index contributed by atoms with van der Waals surface area (Å²) in [5, 5.41) is 0. The highest BCUT2D eigenvalue weighted by Crippen LogP contribution is 2.25. The average Bonchev–Trinajstić information content (AvgIpc) is 2.59. The molecule has 1 aliphatic rings. The van der Waals surface area contributed by atoms with Gasteiger partial charge in [0.15, 0.2) is 0 Å². The van der Waals surface area contributed by atoms with E-state index in [1.54, 1.807) is 0 Å². The minimum Gasteiger partial charge on any atom is -0.465 e. The summed E-state index contributed by atoms with van der Waals surface area (Å²) >= 11 is 0. The van der Waals surface area contributed by atoms with Gasteiger partial charge < -0.3 is 4.74 Å². The fourth-order valence-corrected chi connectivity index (χ4v) is 1.99. The molecule has 0 saturated carbocycles. The van der Waals surface area contributed by atoms with E-state index in [1.165, 1.54) is 5.56 Å². The Bertz CT molecular complexity index is 332. The Balaban J connectivity index is 1.87. The van der Waals surface area contributed by atoms with Crippen LogP contribution >= 0.6 is 0 Å². The van der Waals surface area contributed by atoms with Gasteiger partial charge >= 0.3 is 5.97 Å². The van der Waals surface area contributed by atoms with Crippen LogP contribution in [-0.2, 0) is 16.0 Å². The molecule has 1 heterocycles. The van der Waals surface area contributed by atoms with Gasteiger partial charge in [0.05, 0.1) is 12.5 Å². The number of hydrogen-bond acceptors (Lipinski definition) is 2. The lowest BCUT2D eigenvalue weighted by Gasteiger charge is -2.10. The van der Waals surface area contributed by atoms with Crippen molar-refractivity contribution in [2.45, 2.75) is 19.8 Å². The Morgan fingerprint density at radius 3 is 2.67 bits per heavy atom. The van der Waals surface area contributed by atoms with Crippen molar-refractivity contribution in [3.05, 3.63) is 35.9 Å². The second kappa shape index (κ2) is 4.47. The molecule has 2 nitrogen and oxygen atoms in total. The molecule has 0 unspecified atom stereocenters. The summed E-state index contributed by atoms with van der Waals surface area (Å²) in [6.45, 7) is 2.57. The number of aryl methyl sites for hydroxylation is 1. The van der Waals surface area contributed by atoms with Crippen LogP contribution in [0.5, 0.6) is 0 Å². The van der Waals surface area contributed by atoms with Crippen molar-refractivity contribution in [2.24, 2.45) is 11.8 Å². The number of rotatable bonds is 3. The van der Waals surface area contributed by atoms with Gasteiger partial charge in [-0.3, -0.25) is 4.79 Å². The van der Waals surface area contributed by atoms with E-state index >= 15 is 0 Å². The molecular weight excluding hydrogens is 188 g/mol. The van der Waals surface area contributed by atoms with Gasteiger partial charge in [0, 0.05) is 5.92 Å². The van der Waals surface area contributed by atoms with Gasteiger partial charge in [0.2, 0.25) is 0 Å². The maximum atomic E-state index is 11.2. The van der Waals surface area contributed by atoms with Crippen molar-refractivity contribution < 1.29 is 9.53 Å². The second-order valence-electron chi connectivity index (χ2n) is 4.20. The highest BCUT2D eigenvalue weighted by molar-refractivity contribution is 5.74. The standard InChI is InChI=1S/C13H16O2/c1-10-12(9-15-13(10)14)8-7-11-5-3-2-4-6-11/h2-6,10,12H,7-9H2,1H3/t10-,12+/m1/s1. The van der Waals surface area contributed by atoms with Crippen LogP contribution in [0, 0.1) is 11.8 Å². The Morgan fingerprint density at radius 2 is 2.07 bits per heavy atom. The summed E-state index contributed by atoms with van der Waals surface area (Å²) in [5.41, 5.74) is 1.34. The maximum absolute atomic E-state index is 11.2. The Morgan fingerprint density at radius 1 is 1.33 bits per heavy atom. The monoisotopic (exact) mass is 204 g/mol. The van der Waals surface area contributed by atoms with Crippen LogP contribution in [0.3, 0.4) is 0 Å². The largest absolute Gasteiger partial charge is 0.465 e. The number of carbonyl (C=O) groups excluding carboxylic acids is 1. The summed E-state index contributed by atoms with van der Waals surface area (Å²) in [6, 6.07) is 10.4. The number of esters is 1. The fraction of sp³-hybridized carbons (Fsp3) is 0.462. The van der Waals surface area contributed by atoms with E-state index < -0.39 is 0 Å². The first-order valence-electron chi connectivity index (χ1n) is 5.48. The van der Waals surface area contributed by atoms with E-state index in [-0.39, 0.29) is 11.9 Å². The molecule has 2 rings (SSSR count). The first kappa shape index (κ1) is 10.2. The van der Waals surface area contributed by atoms with Gasteiger partial charge in [-0.15, -0.1) is 0 Å². The van der Waals surface area contributed by atoms with Crippen LogP contribution in [0.2, 0.25) is 0 Å². The number of cyclic esters (lactones) is 1. The third-order valence-electron chi connectivity index (χ3n) is 3.17. The summed E-state index contributed by atoms with van der Waals surface area (Å²) in [7, 11) is 0. The zero-order valence-corrected chi connectivity index (χ0v) is 8.98. The molecule has 1 fully saturated rings. The normalized spacial score (nSPS) is 25.3. The lowest BCUT2D eigenvalue weighted by Crippen LogP contribution is -2.12. The van der Waals surface area contributed by atoms with Crippen molar-refractivity contribution in [1.82, 2.24) is 0 Å². The van der Waals surface area contributed by atoms with Gasteiger partial charge in [0.25, 0.3) is 0 Å². The van der Waals surface area contributed by atoms with Crippen molar-refractivity contribution in [1.29, 1.82) is 0 Å². The number of hydrogen-bond donors (Lipinski definition) is 0. The zero-order chi connectivity index (χ0) is 10.7. The first-order chi connectivity index (χ1) is 7.27. The van der Waals surface area contributed by atoms with Crippen LogP contribution in [-0.4, -0.2) is 12.6 Å². The molecule has 1 aromatic rings. The summed E-state index contributed by atoms with van der Waals surface area (Å²) < 4.78 is 5.03. The van der Waals surface area contributed by atoms with Crippen molar-refractivity contribution >= 4 is 5.97 Å². The van der Waals surface area contributed by atoms with Crippen molar-refractivity contribution in [3.8, 4) is 0 Å². The minimum absolute atomic E-state index is 0.0342. The Labute approximate surface area is 90.3 Å². The second-order valence-corrected chi connectivity index (χ2v) is 4.20. The number of benzene rings is 1. The Hall–Kier alpha value is -1.31. The topological polar surface area (TPSA) is 26.3 Å². The first-order valence-corrected chi connectivity index (χ1v) is 5.48. The molecule has 0 amide bonds. The number of carbonyl (C=O) groups is 1. The lowest BCUT2D eigenvalue weighted by molar-refractivity contribution is -0.140. The van der Waals surface area contributed by atoms with Gasteiger partial charge in [-0.25, -0.2) is 0 Å². The lowest BCUT2D eigenvalue weighted by atomic mass is 9.91. The average molecular weight is 204 g/mol. The van der Waals surface area contributed by atoms with Crippen LogP contribution in [0.4, 0.5) is 0 Å². The molecule has 1 aromatic carbocycles. The van der Waals surface area contributed by atoms with E-state index in [0.717, 1.165) is 12.8 Å². The van der Waals surface area contributed by atoms with E-state index in [2.05, 4.69) is 24.3 Å². The molecule has 2 atom stereocenters. The highest BCUT2D eigenvalue weighted by atomic mass is 16.5. The molecule has 0 aromatic heterocycles. The molecule has 1 aliphatic heterocycles. The van der Waals surface area contributed by atoms with E-state index in [1.807, 2.05) is 13.0 Å². The smallest absolute Gasteiger partial charge is 0.309 e. The molecule has 1 saturated heterocycles. The molecular formula is C13H16O2. The third kappa shape index (κ3) is 2.38. The summed E-state index contributed by atoms with van der Waals surface area (Å²) in [5.74, 6) is 0.444. The molecule has 0 aliphatic carbocycles. The van der Waals surface area contributed by atoms with Crippen LogP contribution in [0.25, 0.3) is 0 Å². The van der Waals surface area contributed by atoms with Crippen molar-refractivity contribution in [3.63, 3.8) is 0 Å². The van der Waals surface area contributed by atoms with Gasteiger partial charge in [-0.2, -0.15) is 0 Å². The Kier molecular flexibility index (Phi) is 3.05. The highest BCUT2D eigenvalue weighted by Gasteiger charge is 2.32. The quantitative estimate of drug-likeness (QED) is 0.707. The molecule has 15 heavy (non-hydrogen) atoms. The van der Waals surface area contributed by atoms with Gasteiger partial charge in [-0.1, -0.05) is 37.3 Å². The molecule has 2 heteroatoms.